The SMILES string of the molecule is N=C(N)NCCC[C@H](NC(=O)[C@H](CCN)NC(=O)[C@H](CS)NC(=O)[C@H](CCCCN)NC(=O)[C@@H](N)CCCN)C(=O)N[C@@H](Cc1ccc(O)cc1)C(=O)O. The van der Waals surface area contributed by atoms with E-state index in [2.05, 4.69) is 44.5 Å². The van der Waals surface area contributed by atoms with Crippen LogP contribution in [0.25, 0.3) is 0 Å². The number of nitrogens with two attached hydrogens (primary N) is 5. The van der Waals surface area contributed by atoms with Gasteiger partial charge in [-0.2, -0.15) is 12.6 Å². The number of phenolic OH excluding ortho intramolecular Hbond substituents is 1. The normalized spacial score (nSPS) is 14.2. The first-order chi connectivity index (χ1) is 25.7. The van der Waals surface area contributed by atoms with E-state index < -0.39 is 71.8 Å². The molecule has 0 aliphatic rings. The van der Waals surface area contributed by atoms with Crippen LogP contribution in [0.4, 0.5) is 0 Å². The number of benzene rings is 1. The number of guanidine groups is 1. The minimum atomic E-state index is -1.40. The van der Waals surface area contributed by atoms with Crippen LogP contribution in [0.3, 0.4) is 0 Å². The third kappa shape index (κ3) is 18.4. The molecule has 0 saturated carbocycles. The first kappa shape index (κ1) is 47.3. The third-order valence-electron chi connectivity index (χ3n) is 8.15. The number of nitrogens with one attached hydrogen (secondary N) is 7. The summed E-state index contributed by atoms with van der Waals surface area (Å²) >= 11 is 4.20. The molecule has 20 nitrogen and oxygen atoms in total. The predicted octanol–water partition coefficient (Wildman–Crippen LogP) is -3.82. The van der Waals surface area contributed by atoms with E-state index in [0.29, 0.717) is 44.3 Å². The summed E-state index contributed by atoms with van der Waals surface area (Å²) in [6, 6.07) is -1.44. The molecule has 19 N–H and O–H groups in total. The molecule has 1 aromatic rings. The number of phenols is 1. The van der Waals surface area contributed by atoms with E-state index in [1.54, 1.807) is 0 Å². The summed E-state index contributed by atoms with van der Waals surface area (Å²) in [5, 5.41) is 42.0. The molecular formula is C33H58N12O8S. The highest BCUT2D eigenvalue weighted by Gasteiger charge is 2.32. The number of aliphatic carboxylic acids is 1. The van der Waals surface area contributed by atoms with Gasteiger partial charge in [0.25, 0.3) is 0 Å². The zero-order valence-electron chi connectivity index (χ0n) is 30.4. The predicted molar refractivity (Wildman–Crippen MR) is 205 cm³/mol. The number of carbonyl (C=O) groups excluding carboxylic acids is 5. The number of hydrogen-bond donors (Lipinski definition) is 15. The van der Waals surface area contributed by atoms with Crippen molar-refractivity contribution in [3.8, 4) is 5.75 Å². The molecule has 0 saturated heterocycles. The highest BCUT2D eigenvalue weighted by atomic mass is 32.1. The summed E-state index contributed by atoms with van der Waals surface area (Å²) in [5.41, 5.74) is 28.6. The van der Waals surface area contributed by atoms with Crippen molar-refractivity contribution in [1.82, 2.24) is 31.9 Å². The Labute approximate surface area is 320 Å². The van der Waals surface area contributed by atoms with Gasteiger partial charge in [-0.05, 0) is 88.7 Å². The number of unbranched alkanes of at least 4 members (excludes halogenated alkanes) is 1. The lowest BCUT2D eigenvalue weighted by Gasteiger charge is -2.27. The molecule has 1 rings (SSSR count). The highest BCUT2D eigenvalue weighted by molar-refractivity contribution is 7.80. The number of carboxylic acid groups (broad SMARTS) is 1. The maximum atomic E-state index is 13.6. The van der Waals surface area contributed by atoms with Crippen LogP contribution in [-0.2, 0) is 35.2 Å². The fourth-order valence-corrected chi connectivity index (χ4v) is 5.35. The van der Waals surface area contributed by atoms with Crippen molar-refractivity contribution in [2.75, 3.05) is 31.9 Å². The summed E-state index contributed by atoms with van der Waals surface area (Å²) in [6.45, 7) is 0.791. The first-order valence-electron chi connectivity index (χ1n) is 17.7. The Kier molecular flexibility index (Phi) is 22.9. The zero-order valence-corrected chi connectivity index (χ0v) is 31.2. The van der Waals surface area contributed by atoms with E-state index in [4.69, 9.17) is 34.1 Å². The van der Waals surface area contributed by atoms with Gasteiger partial charge in [-0.25, -0.2) is 4.79 Å². The Morgan fingerprint density at radius 1 is 0.648 bits per heavy atom. The van der Waals surface area contributed by atoms with Crippen molar-refractivity contribution in [2.45, 2.75) is 94.0 Å². The number of rotatable bonds is 27. The van der Waals surface area contributed by atoms with Gasteiger partial charge in [0.1, 0.15) is 36.0 Å². The zero-order chi connectivity index (χ0) is 40.6. The van der Waals surface area contributed by atoms with E-state index in [1.807, 2.05) is 0 Å². The van der Waals surface area contributed by atoms with Crippen molar-refractivity contribution in [3.63, 3.8) is 0 Å². The topological polar surface area (TPSA) is 369 Å². The number of thiol groups is 1. The molecule has 5 amide bonds. The minimum Gasteiger partial charge on any atom is -0.508 e. The summed E-state index contributed by atoms with van der Waals surface area (Å²) in [4.78, 5) is 78.5. The fraction of sp³-hybridized carbons (Fsp3) is 0.606. The van der Waals surface area contributed by atoms with Crippen molar-refractivity contribution in [3.05, 3.63) is 29.8 Å². The van der Waals surface area contributed by atoms with Gasteiger partial charge in [0.2, 0.25) is 29.5 Å². The second-order valence-electron chi connectivity index (χ2n) is 12.6. The Hall–Kier alpha value is -4.70. The number of amides is 5. The van der Waals surface area contributed by atoms with Gasteiger partial charge in [-0.3, -0.25) is 29.4 Å². The minimum absolute atomic E-state index is 0.0187. The molecule has 0 unspecified atom stereocenters. The quantitative estimate of drug-likeness (QED) is 0.0176. The van der Waals surface area contributed by atoms with Gasteiger partial charge in [-0.15, -0.1) is 0 Å². The van der Waals surface area contributed by atoms with Gasteiger partial charge in [0.15, 0.2) is 5.96 Å². The molecule has 0 bridgehead atoms. The summed E-state index contributed by atoms with van der Waals surface area (Å²) in [5.74, 6) is -5.57. The van der Waals surface area contributed by atoms with Crippen LogP contribution in [0.15, 0.2) is 24.3 Å². The second kappa shape index (κ2) is 26.1. The van der Waals surface area contributed by atoms with Crippen LogP contribution in [0.2, 0.25) is 0 Å². The van der Waals surface area contributed by atoms with E-state index in [-0.39, 0.29) is 62.7 Å². The summed E-state index contributed by atoms with van der Waals surface area (Å²) in [7, 11) is 0. The Morgan fingerprint density at radius 2 is 1.13 bits per heavy atom. The van der Waals surface area contributed by atoms with Gasteiger partial charge in [-0.1, -0.05) is 12.1 Å². The molecule has 0 fully saturated rings. The van der Waals surface area contributed by atoms with E-state index in [9.17, 15) is 39.0 Å². The molecule has 0 radical (unpaired) electrons. The van der Waals surface area contributed by atoms with Crippen molar-refractivity contribution < 1.29 is 39.0 Å². The van der Waals surface area contributed by atoms with Crippen LogP contribution in [0.1, 0.15) is 56.9 Å². The number of hydrogen-bond acceptors (Lipinski definition) is 13. The Balaban J connectivity index is 3.13. The smallest absolute Gasteiger partial charge is 0.326 e. The average molecular weight is 783 g/mol. The van der Waals surface area contributed by atoms with Crippen LogP contribution in [0, 0.1) is 5.41 Å². The van der Waals surface area contributed by atoms with Gasteiger partial charge in [0.05, 0.1) is 6.04 Å². The molecule has 0 heterocycles. The first-order valence-corrected chi connectivity index (χ1v) is 18.4. The van der Waals surface area contributed by atoms with Crippen molar-refractivity contribution in [2.24, 2.45) is 28.7 Å². The van der Waals surface area contributed by atoms with Gasteiger partial charge >= 0.3 is 5.97 Å². The Morgan fingerprint density at radius 3 is 1.63 bits per heavy atom. The van der Waals surface area contributed by atoms with Crippen molar-refractivity contribution in [1.29, 1.82) is 5.41 Å². The van der Waals surface area contributed by atoms with Crippen LogP contribution < -0.4 is 60.6 Å². The largest absolute Gasteiger partial charge is 0.508 e. The maximum Gasteiger partial charge on any atom is 0.326 e. The molecule has 0 spiro atoms. The molecule has 0 aliphatic heterocycles. The highest BCUT2D eigenvalue weighted by Crippen LogP contribution is 2.12. The maximum absolute atomic E-state index is 13.6. The number of aromatic hydroxyl groups is 1. The van der Waals surface area contributed by atoms with Crippen LogP contribution in [-0.4, -0.2) is 120 Å². The molecule has 6 atom stereocenters. The van der Waals surface area contributed by atoms with E-state index in [0.717, 1.165) is 0 Å². The molecule has 0 aromatic heterocycles. The molecule has 304 valence electrons. The van der Waals surface area contributed by atoms with Crippen LogP contribution >= 0.6 is 12.6 Å². The molecule has 21 heteroatoms. The fourth-order valence-electron chi connectivity index (χ4n) is 5.09. The lowest BCUT2D eigenvalue weighted by atomic mass is 10.0. The molecule has 54 heavy (non-hydrogen) atoms. The lowest BCUT2D eigenvalue weighted by Crippen LogP contribution is -2.60. The lowest BCUT2D eigenvalue weighted by molar-refractivity contribution is -0.142. The van der Waals surface area contributed by atoms with Crippen molar-refractivity contribution >= 4 is 54.1 Å². The molecule has 1 aromatic carbocycles. The summed E-state index contributed by atoms with van der Waals surface area (Å²) in [6.07, 6.45) is 2.08. The molecular weight excluding hydrogens is 725 g/mol. The van der Waals surface area contributed by atoms with Gasteiger partial charge in [0, 0.05) is 18.7 Å². The standard InChI is InChI=1S/C33H58N12O8S/c34-13-2-1-6-22(41-27(47)21(37)5-3-14-35)29(49)45-26(18-54)31(51)43-24(12-15-36)30(50)42-23(7-4-16-40-33(38)39)28(48)44-25(32(52)53)17-19-8-10-20(46)11-9-19/h8-11,21-26,46,54H,1-7,12-18,34-37H2,(H,41,47)(H,42,50)(H,43,51)(H,44,48)(H,45,49)(H,52,53)(H4,38,39,40)/t21-,22-,23-,24-,25-,26-/m0/s1. The number of carboxylic acids is 1. The van der Waals surface area contributed by atoms with E-state index in [1.165, 1.54) is 24.3 Å². The second-order valence-corrected chi connectivity index (χ2v) is 12.9. The third-order valence-corrected chi connectivity index (χ3v) is 8.51. The van der Waals surface area contributed by atoms with Crippen LogP contribution in [0.5, 0.6) is 5.75 Å². The average Bonchev–Trinajstić information content (AvgIpc) is 3.13. The molecule has 0 aliphatic carbocycles. The van der Waals surface area contributed by atoms with Gasteiger partial charge < -0.3 is 70.8 Å². The summed E-state index contributed by atoms with van der Waals surface area (Å²) < 4.78 is 0. The monoisotopic (exact) mass is 782 g/mol. The van der Waals surface area contributed by atoms with E-state index >= 15 is 0 Å². The Bertz CT molecular complexity index is 1370. The number of carbonyl (C=O) groups is 6.